The van der Waals surface area contributed by atoms with Gasteiger partial charge in [-0.15, -0.1) is 0 Å². The van der Waals surface area contributed by atoms with Crippen molar-refractivity contribution >= 4 is 30.2 Å². The van der Waals surface area contributed by atoms with Crippen molar-refractivity contribution in [2.24, 2.45) is 0 Å². The van der Waals surface area contributed by atoms with E-state index in [4.69, 9.17) is 10.2 Å². The summed E-state index contributed by atoms with van der Waals surface area (Å²) in [6.07, 6.45) is 12.1. The minimum atomic E-state index is -1.06. The zero-order chi connectivity index (χ0) is 22.2. The molecule has 0 fully saturated rings. The van der Waals surface area contributed by atoms with E-state index in [0.29, 0.717) is 33.9 Å². The highest BCUT2D eigenvalue weighted by atomic mass is 16.4. The first-order valence-corrected chi connectivity index (χ1v) is 9.34. The smallest absolute Gasteiger partial charge is 0.328 e. The number of aromatic nitrogens is 3. The first-order valence-electron chi connectivity index (χ1n) is 9.34. The summed E-state index contributed by atoms with van der Waals surface area (Å²) >= 11 is 0. The van der Waals surface area contributed by atoms with E-state index < -0.39 is 11.9 Å². The first-order chi connectivity index (χ1) is 14.9. The summed E-state index contributed by atoms with van der Waals surface area (Å²) in [7, 11) is 0. The molecule has 3 aromatic rings. The van der Waals surface area contributed by atoms with Crippen LogP contribution in [0.1, 0.15) is 23.6 Å². The molecule has 0 radical (unpaired) electrons. The van der Waals surface area contributed by atoms with Crippen LogP contribution in [-0.4, -0.2) is 37.1 Å². The topological polar surface area (TPSA) is 113 Å². The summed E-state index contributed by atoms with van der Waals surface area (Å²) in [6.45, 7) is 1.92. The third-order valence-electron chi connectivity index (χ3n) is 4.14. The van der Waals surface area contributed by atoms with Crippen molar-refractivity contribution in [3.63, 3.8) is 0 Å². The molecule has 3 heterocycles. The van der Waals surface area contributed by atoms with Crippen molar-refractivity contribution in [1.82, 2.24) is 15.0 Å². The number of rotatable bonds is 7. The van der Waals surface area contributed by atoms with Crippen molar-refractivity contribution in [1.29, 1.82) is 0 Å². The number of pyridine rings is 3. The Labute approximate surface area is 178 Å². The Hall–Kier alpha value is -4.39. The van der Waals surface area contributed by atoms with Crippen LogP contribution < -0.4 is 0 Å². The van der Waals surface area contributed by atoms with E-state index in [0.717, 1.165) is 17.7 Å². The number of aliphatic carboxylic acids is 2. The molecule has 154 valence electrons. The molecule has 7 nitrogen and oxygen atoms in total. The molecule has 0 atom stereocenters. The molecule has 3 aromatic heterocycles. The zero-order valence-corrected chi connectivity index (χ0v) is 16.6. The van der Waals surface area contributed by atoms with Gasteiger partial charge < -0.3 is 10.2 Å². The minimum absolute atomic E-state index is 0.506. The second-order valence-corrected chi connectivity index (χ2v) is 6.46. The van der Waals surface area contributed by atoms with Gasteiger partial charge >= 0.3 is 11.9 Å². The zero-order valence-electron chi connectivity index (χ0n) is 16.6. The van der Waals surface area contributed by atoms with Crippen LogP contribution in [0.15, 0.2) is 67.0 Å². The number of nitrogens with zero attached hydrogens (tertiary/aromatic N) is 3. The largest absolute Gasteiger partial charge is 0.478 e. The van der Waals surface area contributed by atoms with E-state index in [-0.39, 0.29) is 0 Å². The molecular formula is C24H19N3O4. The van der Waals surface area contributed by atoms with E-state index in [1.165, 1.54) is 12.2 Å². The normalized spacial score (nSPS) is 11.5. The summed E-state index contributed by atoms with van der Waals surface area (Å²) in [5.41, 5.74) is 4.44. The summed E-state index contributed by atoms with van der Waals surface area (Å²) in [5.74, 6) is -2.11. The third kappa shape index (κ3) is 6.04. The number of allylic oxidation sites excluding steroid dienone is 1. The molecule has 0 unspecified atom stereocenters. The van der Waals surface area contributed by atoms with Crippen LogP contribution in [0.5, 0.6) is 0 Å². The second-order valence-electron chi connectivity index (χ2n) is 6.46. The molecule has 0 saturated carbocycles. The number of carbonyl (C=O) groups is 2. The van der Waals surface area contributed by atoms with Gasteiger partial charge in [0, 0.05) is 24.5 Å². The number of hydrogen-bond acceptors (Lipinski definition) is 5. The Morgan fingerprint density at radius 1 is 0.710 bits per heavy atom. The van der Waals surface area contributed by atoms with E-state index in [2.05, 4.69) is 15.0 Å². The SMILES string of the molecule is C/C=C/c1ccnc(-c2cc(/C=C/C(=O)O)cc(-c3cc(/C=C/C(=O)O)ccn3)n2)c1. The van der Waals surface area contributed by atoms with Crippen LogP contribution in [0.3, 0.4) is 0 Å². The Kier molecular flexibility index (Phi) is 6.80. The summed E-state index contributed by atoms with van der Waals surface area (Å²) < 4.78 is 0. The monoisotopic (exact) mass is 413 g/mol. The Balaban J connectivity index is 2.12. The van der Waals surface area contributed by atoms with Crippen LogP contribution in [0.2, 0.25) is 0 Å². The molecule has 0 amide bonds. The number of carboxylic acids is 2. The molecule has 3 rings (SSSR count). The lowest BCUT2D eigenvalue weighted by atomic mass is 10.1. The predicted octanol–water partition coefficient (Wildman–Crippen LogP) is 4.43. The van der Waals surface area contributed by atoms with Crippen molar-refractivity contribution < 1.29 is 19.8 Å². The van der Waals surface area contributed by atoms with Gasteiger partial charge in [-0.1, -0.05) is 12.2 Å². The van der Waals surface area contributed by atoms with Crippen LogP contribution in [0.25, 0.3) is 41.0 Å². The molecule has 0 bridgehead atoms. The lowest BCUT2D eigenvalue weighted by Crippen LogP contribution is -1.95. The summed E-state index contributed by atoms with van der Waals surface area (Å²) in [5, 5.41) is 17.8. The predicted molar refractivity (Wildman–Crippen MR) is 119 cm³/mol. The molecule has 2 N–H and O–H groups in total. The van der Waals surface area contributed by atoms with Crippen LogP contribution in [0, 0.1) is 0 Å². The van der Waals surface area contributed by atoms with Crippen molar-refractivity contribution in [2.45, 2.75) is 6.92 Å². The van der Waals surface area contributed by atoms with Gasteiger partial charge in [0.2, 0.25) is 0 Å². The van der Waals surface area contributed by atoms with Crippen LogP contribution in [-0.2, 0) is 9.59 Å². The molecule has 31 heavy (non-hydrogen) atoms. The highest BCUT2D eigenvalue weighted by Crippen LogP contribution is 2.25. The molecule has 7 heteroatoms. The van der Waals surface area contributed by atoms with Crippen LogP contribution >= 0.6 is 0 Å². The molecule has 0 spiro atoms. The van der Waals surface area contributed by atoms with Crippen LogP contribution in [0.4, 0.5) is 0 Å². The fraction of sp³-hybridized carbons (Fsp3) is 0.0417. The maximum atomic E-state index is 11.0. The summed E-state index contributed by atoms with van der Waals surface area (Å²) in [4.78, 5) is 35.2. The number of hydrogen-bond donors (Lipinski definition) is 2. The minimum Gasteiger partial charge on any atom is -0.478 e. The lowest BCUT2D eigenvalue weighted by Gasteiger charge is -2.08. The average molecular weight is 413 g/mol. The van der Waals surface area contributed by atoms with E-state index >= 15 is 0 Å². The van der Waals surface area contributed by atoms with Gasteiger partial charge in [0.15, 0.2) is 0 Å². The van der Waals surface area contributed by atoms with Gasteiger partial charge in [0.1, 0.15) is 0 Å². The standard InChI is InChI=1S/C24H19N3O4/c1-2-3-16-8-10-25-19(12-16)21-14-18(5-7-24(30)31)15-22(27-21)20-13-17(9-11-26-20)4-6-23(28)29/h2-15H,1H3,(H,28,29)(H,30,31)/b3-2+,6-4+,7-5+. The first kappa shape index (κ1) is 21.3. The summed E-state index contributed by atoms with van der Waals surface area (Å²) in [6, 6.07) is 10.6. The second kappa shape index (κ2) is 9.89. The highest BCUT2D eigenvalue weighted by Gasteiger charge is 2.09. The Morgan fingerprint density at radius 2 is 1.16 bits per heavy atom. The van der Waals surface area contributed by atoms with Gasteiger partial charge in [-0.2, -0.15) is 0 Å². The molecule has 0 aromatic carbocycles. The Morgan fingerprint density at radius 3 is 1.65 bits per heavy atom. The van der Waals surface area contributed by atoms with Gasteiger partial charge in [0.25, 0.3) is 0 Å². The fourth-order valence-electron chi connectivity index (χ4n) is 2.82. The Bertz CT molecular complexity index is 1210. The van der Waals surface area contributed by atoms with E-state index in [1.807, 2.05) is 31.2 Å². The van der Waals surface area contributed by atoms with Gasteiger partial charge in [-0.05, 0) is 72.2 Å². The van der Waals surface area contributed by atoms with Gasteiger partial charge in [-0.3, -0.25) is 9.97 Å². The molecule has 0 saturated heterocycles. The maximum absolute atomic E-state index is 11.0. The number of carboxylic acid groups (broad SMARTS) is 2. The lowest BCUT2D eigenvalue weighted by molar-refractivity contribution is -0.132. The molecule has 0 aliphatic carbocycles. The molecule has 0 aliphatic heterocycles. The van der Waals surface area contributed by atoms with Crippen molar-refractivity contribution in [3.8, 4) is 22.8 Å². The van der Waals surface area contributed by atoms with Gasteiger partial charge in [0.05, 0.1) is 22.8 Å². The quantitative estimate of drug-likeness (QED) is 0.551. The average Bonchev–Trinajstić information content (AvgIpc) is 2.77. The van der Waals surface area contributed by atoms with Crippen molar-refractivity contribution in [3.05, 3.63) is 83.7 Å². The molecule has 0 aliphatic rings. The van der Waals surface area contributed by atoms with E-state index in [9.17, 15) is 9.59 Å². The maximum Gasteiger partial charge on any atom is 0.328 e. The highest BCUT2D eigenvalue weighted by molar-refractivity contribution is 5.86. The third-order valence-corrected chi connectivity index (χ3v) is 4.14. The molecular weight excluding hydrogens is 394 g/mol. The van der Waals surface area contributed by atoms with Gasteiger partial charge in [-0.25, -0.2) is 14.6 Å². The van der Waals surface area contributed by atoms with Crippen molar-refractivity contribution in [2.75, 3.05) is 0 Å². The van der Waals surface area contributed by atoms with E-state index in [1.54, 1.807) is 36.7 Å². The fourth-order valence-corrected chi connectivity index (χ4v) is 2.82.